The number of carbonyl (C=O) groups excluding carboxylic acids is 2. The summed E-state index contributed by atoms with van der Waals surface area (Å²) in [5, 5.41) is 3.38. The summed E-state index contributed by atoms with van der Waals surface area (Å²) in [7, 11) is 3.00. The molecule has 0 radical (unpaired) electrons. The maximum absolute atomic E-state index is 13.3. The van der Waals surface area contributed by atoms with E-state index in [1.165, 1.54) is 26.6 Å². The Morgan fingerprint density at radius 1 is 1.09 bits per heavy atom. The van der Waals surface area contributed by atoms with Crippen molar-refractivity contribution in [2.24, 2.45) is 0 Å². The number of amides is 2. The molecule has 1 saturated heterocycles. The third-order valence-corrected chi connectivity index (χ3v) is 6.20. The van der Waals surface area contributed by atoms with Crippen LogP contribution in [0.4, 0.5) is 0 Å². The van der Waals surface area contributed by atoms with Gasteiger partial charge in [0.1, 0.15) is 5.69 Å². The first-order chi connectivity index (χ1) is 16.5. The van der Waals surface area contributed by atoms with Gasteiger partial charge >= 0.3 is 0 Å². The van der Waals surface area contributed by atoms with Crippen molar-refractivity contribution in [3.05, 3.63) is 82.8 Å². The van der Waals surface area contributed by atoms with E-state index < -0.39 is 0 Å². The number of carbonyl (C=O) groups is 2. The summed E-state index contributed by atoms with van der Waals surface area (Å²) in [6.45, 7) is 0.898. The molecule has 0 spiro atoms. The highest BCUT2D eigenvalue weighted by Gasteiger charge is 2.34. The average molecular weight is 481 g/mol. The number of halogens is 1. The second kappa shape index (κ2) is 10.5. The zero-order chi connectivity index (χ0) is 24.1. The van der Waals surface area contributed by atoms with E-state index in [9.17, 15) is 9.59 Å². The van der Waals surface area contributed by atoms with Crippen LogP contribution < -0.4 is 14.8 Å². The first kappa shape index (κ1) is 23.5. The van der Waals surface area contributed by atoms with E-state index in [1.54, 1.807) is 23.1 Å². The molecule has 9 heteroatoms. The van der Waals surface area contributed by atoms with Gasteiger partial charge < -0.3 is 19.7 Å². The molecule has 1 N–H and O–H groups in total. The number of hydrogen-bond donors (Lipinski definition) is 1. The van der Waals surface area contributed by atoms with Gasteiger partial charge in [-0.1, -0.05) is 41.9 Å². The quantitative estimate of drug-likeness (QED) is 0.579. The van der Waals surface area contributed by atoms with E-state index in [0.29, 0.717) is 41.7 Å². The monoisotopic (exact) mass is 480 g/mol. The minimum atomic E-state index is -0.333. The largest absolute Gasteiger partial charge is 0.491 e. The van der Waals surface area contributed by atoms with Crippen LogP contribution in [-0.4, -0.2) is 60.0 Å². The Hall–Kier alpha value is -3.65. The van der Waals surface area contributed by atoms with E-state index >= 15 is 0 Å². The Bertz CT molecular complexity index is 1170. The molecular formula is C25H25ClN4O4. The molecule has 34 heavy (non-hydrogen) atoms. The third kappa shape index (κ3) is 4.97. The predicted molar refractivity (Wildman–Crippen MR) is 128 cm³/mol. The maximum Gasteiger partial charge on any atom is 0.271 e. The lowest BCUT2D eigenvalue weighted by Crippen LogP contribution is -2.51. The van der Waals surface area contributed by atoms with Crippen molar-refractivity contribution >= 4 is 23.4 Å². The Morgan fingerprint density at radius 3 is 2.59 bits per heavy atom. The molecule has 0 bridgehead atoms. The molecule has 2 atom stereocenters. The van der Waals surface area contributed by atoms with E-state index in [1.807, 2.05) is 30.3 Å². The predicted octanol–water partition coefficient (Wildman–Crippen LogP) is 3.58. The number of aromatic nitrogens is 2. The van der Waals surface area contributed by atoms with Crippen molar-refractivity contribution in [2.75, 3.05) is 27.3 Å². The lowest BCUT2D eigenvalue weighted by atomic mass is 9.85. The molecular weight excluding hydrogens is 456 g/mol. The van der Waals surface area contributed by atoms with Gasteiger partial charge in [0.15, 0.2) is 5.75 Å². The van der Waals surface area contributed by atoms with Gasteiger partial charge in [-0.3, -0.25) is 9.59 Å². The Kier molecular flexibility index (Phi) is 7.27. The molecule has 0 saturated carbocycles. The van der Waals surface area contributed by atoms with Gasteiger partial charge in [0.05, 0.1) is 24.8 Å². The Balaban J connectivity index is 1.56. The van der Waals surface area contributed by atoms with Crippen molar-refractivity contribution < 1.29 is 19.1 Å². The molecule has 0 unspecified atom stereocenters. The number of pyridine rings is 2. The van der Waals surface area contributed by atoms with Crippen LogP contribution in [0, 0.1) is 0 Å². The molecule has 1 fully saturated rings. The fourth-order valence-corrected chi connectivity index (χ4v) is 4.38. The van der Waals surface area contributed by atoms with E-state index in [0.717, 1.165) is 5.56 Å². The van der Waals surface area contributed by atoms with Crippen LogP contribution in [0.15, 0.2) is 60.9 Å². The Morgan fingerprint density at radius 2 is 1.88 bits per heavy atom. The molecule has 2 amide bonds. The SMILES string of the molecule is COc1cc(C(=O)N2CC[C@@H](NC(=O)c3ncccc3Cl)[C@@H](c3ccccc3)C2)cnc1OC. The molecule has 8 nitrogen and oxygen atoms in total. The normalized spacial score (nSPS) is 17.7. The summed E-state index contributed by atoms with van der Waals surface area (Å²) in [5.41, 5.74) is 1.63. The molecule has 0 aliphatic carbocycles. The summed E-state index contributed by atoms with van der Waals surface area (Å²) in [5.74, 6) is 0.101. The van der Waals surface area contributed by atoms with Gasteiger partial charge in [-0.25, -0.2) is 9.97 Å². The summed E-state index contributed by atoms with van der Waals surface area (Å²) >= 11 is 6.17. The minimum Gasteiger partial charge on any atom is -0.491 e. The number of nitrogens with zero attached hydrogens (tertiary/aromatic N) is 3. The molecule has 3 heterocycles. The highest BCUT2D eigenvalue weighted by molar-refractivity contribution is 6.33. The molecule has 1 aliphatic rings. The van der Waals surface area contributed by atoms with E-state index in [4.69, 9.17) is 21.1 Å². The van der Waals surface area contributed by atoms with Crippen molar-refractivity contribution in [2.45, 2.75) is 18.4 Å². The zero-order valence-electron chi connectivity index (χ0n) is 18.9. The maximum atomic E-state index is 13.3. The summed E-state index contributed by atoms with van der Waals surface area (Å²) in [4.78, 5) is 36.3. The Labute approximate surface area is 202 Å². The van der Waals surface area contributed by atoms with Gasteiger partial charge in [-0.2, -0.15) is 0 Å². The highest BCUT2D eigenvalue weighted by atomic mass is 35.5. The van der Waals surface area contributed by atoms with Gasteiger partial charge in [-0.05, 0) is 24.1 Å². The van der Waals surface area contributed by atoms with Gasteiger partial charge in [0, 0.05) is 43.5 Å². The molecule has 4 rings (SSSR count). The van der Waals surface area contributed by atoms with Gasteiger partial charge in [0.2, 0.25) is 0 Å². The number of rotatable bonds is 6. The molecule has 2 aromatic heterocycles. The third-order valence-electron chi connectivity index (χ3n) is 5.90. The van der Waals surface area contributed by atoms with E-state index in [-0.39, 0.29) is 29.5 Å². The first-order valence-corrected chi connectivity index (χ1v) is 11.2. The average Bonchev–Trinajstić information content (AvgIpc) is 2.88. The topological polar surface area (TPSA) is 93.7 Å². The lowest BCUT2D eigenvalue weighted by molar-refractivity contribution is 0.0670. The van der Waals surface area contributed by atoms with E-state index in [2.05, 4.69) is 15.3 Å². The van der Waals surface area contributed by atoms with Crippen molar-refractivity contribution in [1.82, 2.24) is 20.2 Å². The molecule has 3 aromatic rings. The highest BCUT2D eigenvalue weighted by Crippen LogP contribution is 2.30. The fourth-order valence-electron chi connectivity index (χ4n) is 4.17. The summed E-state index contributed by atoms with van der Waals surface area (Å²) < 4.78 is 10.5. The van der Waals surface area contributed by atoms with Crippen LogP contribution in [0.25, 0.3) is 0 Å². The number of methoxy groups -OCH3 is 2. The minimum absolute atomic E-state index is 0.113. The number of nitrogens with one attached hydrogen (secondary N) is 1. The number of piperidine rings is 1. The summed E-state index contributed by atoms with van der Waals surface area (Å²) in [6.07, 6.45) is 3.59. The van der Waals surface area contributed by atoms with Crippen molar-refractivity contribution in [3.63, 3.8) is 0 Å². The van der Waals surface area contributed by atoms with Crippen molar-refractivity contribution in [3.8, 4) is 11.6 Å². The number of ether oxygens (including phenoxy) is 2. The second-order valence-corrected chi connectivity index (χ2v) is 8.31. The van der Waals surface area contributed by atoms with Crippen LogP contribution in [0.2, 0.25) is 5.02 Å². The fraction of sp³-hybridized carbons (Fsp3) is 0.280. The van der Waals surface area contributed by atoms with Crippen LogP contribution in [0.5, 0.6) is 11.6 Å². The molecule has 1 aliphatic heterocycles. The summed E-state index contributed by atoms with van der Waals surface area (Å²) in [6, 6.07) is 14.6. The van der Waals surface area contributed by atoms with Gasteiger partial charge in [-0.15, -0.1) is 0 Å². The number of hydrogen-bond acceptors (Lipinski definition) is 6. The second-order valence-electron chi connectivity index (χ2n) is 7.91. The standard InChI is InChI=1S/C25H25ClN4O4/c1-33-21-13-17(14-28-24(21)34-2)25(32)30-12-10-20(18(15-30)16-7-4-3-5-8-16)29-23(31)22-19(26)9-6-11-27-22/h3-9,11,13-14,18,20H,10,12,15H2,1-2H3,(H,29,31)/t18-,20-/m1/s1. The number of likely N-dealkylation sites (tertiary alicyclic amines) is 1. The van der Waals surface area contributed by atoms with Gasteiger partial charge in [0.25, 0.3) is 17.7 Å². The van der Waals surface area contributed by atoms with Crippen LogP contribution in [0.1, 0.15) is 38.7 Å². The molecule has 1 aromatic carbocycles. The van der Waals surface area contributed by atoms with Crippen LogP contribution in [-0.2, 0) is 0 Å². The first-order valence-electron chi connectivity index (χ1n) is 10.9. The number of benzene rings is 1. The smallest absolute Gasteiger partial charge is 0.271 e. The zero-order valence-corrected chi connectivity index (χ0v) is 19.7. The van der Waals surface area contributed by atoms with Crippen LogP contribution >= 0.6 is 11.6 Å². The lowest BCUT2D eigenvalue weighted by Gasteiger charge is -2.39. The molecule has 176 valence electrons. The van der Waals surface area contributed by atoms with Crippen LogP contribution in [0.3, 0.4) is 0 Å². The van der Waals surface area contributed by atoms with Crippen molar-refractivity contribution in [1.29, 1.82) is 0 Å².